The van der Waals surface area contributed by atoms with Gasteiger partial charge in [-0.25, -0.2) is 0 Å². The van der Waals surface area contributed by atoms with Gasteiger partial charge >= 0.3 is 0 Å². The van der Waals surface area contributed by atoms with E-state index in [1.807, 2.05) is 18.2 Å². The number of nitrogens with zero attached hydrogens (tertiary/aromatic N) is 1. The van der Waals surface area contributed by atoms with Crippen LogP contribution in [-0.4, -0.2) is 37.6 Å². The average molecular weight is 386 g/mol. The summed E-state index contributed by atoms with van der Waals surface area (Å²) in [5.41, 5.74) is 2.37. The molecular weight excluding hydrogens is 360 g/mol. The van der Waals surface area contributed by atoms with Gasteiger partial charge in [0.15, 0.2) is 0 Å². The largest absolute Gasteiger partial charge is 0.496 e. The van der Waals surface area contributed by atoms with Crippen molar-refractivity contribution in [1.82, 2.24) is 10.2 Å². The van der Waals surface area contributed by atoms with E-state index in [0.29, 0.717) is 5.92 Å². The van der Waals surface area contributed by atoms with Gasteiger partial charge in [0.1, 0.15) is 5.75 Å². The molecule has 1 N–H and O–H groups in total. The number of amides is 1. The molecule has 1 saturated heterocycles. The number of ether oxygens (including phenoxy) is 1. The van der Waals surface area contributed by atoms with Gasteiger partial charge in [0.25, 0.3) is 0 Å². The fourth-order valence-corrected chi connectivity index (χ4v) is 4.68. The van der Waals surface area contributed by atoms with Crippen LogP contribution in [-0.2, 0) is 4.79 Å². The van der Waals surface area contributed by atoms with Gasteiger partial charge in [-0.1, -0.05) is 60.7 Å². The summed E-state index contributed by atoms with van der Waals surface area (Å²) in [5.74, 6) is 1.55. The summed E-state index contributed by atoms with van der Waals surface area (Å²) in [4.78, 5) is 15.5. The van der Waals surface area contributed by atoms with Crippen molar-refractivity contribution < 1.29 is 9.53 Å². The maximum Gasteiger partial charge on any atom is 0.226 e. The van der Waals surface area contributed by atoms with Crippen LogP contribution in [0.15, 0.2) is 66.7 Å². The average Bonchev–Trinajstić information content (AvgIpc) is 3.59. The standard InChI is InChI=1S/C25H26N2O2/c1-29-24-9-5-4-8-20(24)23-16-26-12-13-27(23)25(28)22-15-21(22)19-11-10-17-6-2-3-7-18(17)14-19/h2-11,14,21-23,26H,12-13,15-16H2,1H3. The Balaban J connectivity index is 1.37. The Labute approximate surface area is 171 Å². The van der Waals surface area contributed by atoms with Crippen molar-refractivity contribution in [1.29, 1.82) is 0 Å². The first-order valence-corrected chi connectivity index (χ1v) is 10.4. The van der Waals surface area contributed by atoms with E-state index in [2.05, 4.69) is 58.7 Å². The van der Waals surface area contributed by atoms with Gasteiger partial charge in [0.05, 0.1) is 13.2 Å². The minimum atomic E-state index is 0.0188. The highest BCUT2D eigenvalue weighted by Gasteiger charge is 2.47. The van der Waals surface area contributed by atoms with Crippen LogP contribution in [0.25, 0.3) is 10.8 Å². The van der Waals surface area contributed by atoms with Crippen LogP contribution in [0.1, 0.15) is 29.5 Å². The molecule has 5 rings (SSSR count). The van der Waals surface area contributed by atoms with Gasteiger partial charge in [-0.2, -0.15) is 0 Å². The number of nitrogens with one attached hydrogen (secondary N) is 1. The summed E-state index contributed by atoms with van der Waals surface area (Å²) >= 11 is 0. The number of carbonyl (C=O) groups is 1. The molecule has 0 bridgehead atoms. The Bertz CT molecular complexity index is 1050. The molecule has 0 spiro atoms. The van der Waals surface area contributed by atoms with E-state index in [-0.39, 0.29) is 17.9 Å². The summed E-state index contributed by atoms with van der Waals surface area (Å²) in [7, 11) is 1.69. The number of piperazine rings is 1. The Morgan fingerprint density at radius 1 is 1.03 bits per heavy atom. The van der Waals surface area contributed by atoms with Crippen LogP contribution in [0, 0.1) is 5.92 Å². The molecule has 3 aromatic rings. The normalized spacial score (nSPS) is 23.8. The summed E-state index contributed by atoms with van der Waals surface area (Å²) in [6, 6.07) is 23.1. The fraction of sp³-hybridized carbons (Fsp3) is 0.320. The lowest BCUT2D eigenvalue weighted by molar-refractivity contribution is -0.136. The van der Waals surface area contributed by atoms with Gasteiger partial charge in [0, 0.05) is 31.1 Å². The van der Waals surface area contributed by atoms with E-state index < -0.39 is 0 Å². The smallest absolute Gasteiger partial charge is 0.226 e. The van der Waals surface area contributed by atoms with Gasteiger partial charge in [-0.15, -0.1) is 0 Å². The second kappa shape index (κ2) is 7.53. The van der Waals surface area contributed by atoms with Gasteiger partial charge in [0.2, 0.25) is 5.91 Å². The third kappa shape index (κ3) is 3.38. The fourth-order valence-electron chi connectivity index (χ4n) is 4.68. The van der Waals surface area contributed by atoms with Crippen LogP contribution < -0.4 is 10.1 Å². The first kappa shape index (κ1) is 18.2. The molecule has 148 valence electrons. The molecule has 1 saturated carbocycles. The molecule has 1 heterocycles. The highest BCUT2D eigenvalue weighted by Crippen LogP contribution is 2.50. The van der Waals surface area contributed by atoms with Crippen molar-refractivity contribution in [3.05, 3.63) is 77.9 Å². The van der Waals surface area contributed by atoms with Gasteiger partial charge in [-0.3, -0.25) is 4.79 Å². The molecule has 0 aromatic heterocycles. The zero-order valence-corrected chi connectivity index (χ0v) is 16.7. The third-order valence-electron chi connectivity index (χ3n) is 6.33. The summed E-state index contributed by atoms with van der Waals surface area (Å²) in [5, 5.41) is 5.94. The first-order valence-electron chi connectivity index (χ1n) is 10.4. The number of rotatable bonds is 4. The molecule has 1 aliphatic heterocycles. The number of benzene rings is 3. The maximum atomic E-state index is 13.4. The van der Waals surface area contributed by atoms with Crippen molar-refractivity contribution in [3.8, 4) is 5.75 Å². The molecule has 4 heteroatoms. The SMILES string of the molecule is COc1ccccc1C1CNCCN1C(=O)C1CC1c1ccc2ccccc2c1. The zero-order chi connectivity index (χ0) is 19.8. The number of carbonyl (C=O) groups excluding carboxylic acids is 1. The molecule has 0 radical (unpaired) electrons. The van der Waals surface area contributed by atoms with Crippen LogP contribution in [0.5, 0.6) is 5.75 Å². The molecule has 3 aromatic carbocycles. The van der Waals surface area contributed by atoms with E-state index in [4.69, 9.17) is 4.74 Å². The summed E-state index contributed by atoms with van der Waals surface area (Å²) in [6.45, 7) is 2.34. The van der Waals surface area contributed by atoms with Crippen molar-refractivity contribution in [3.63, 3.8) is 0 Å². The number of fused-ring (bicyclic) bond motifs is 1. The topological polar surface area (TPSA) is 41.6 Å². The molecule has 3 unspecified atom stereocenters. The van der Waals surface area contributed by atoms with Crippen LogP contribution in [0.3, 0.4) is 0 Å². The highest BCUT2D eigenvalue weighted by molar-refractivity contribution is 5.86. The van der Waals surface area contributed by atoms with Crippen LogP contribution in [0.2, 0.25) is 0 Å². The van der Waals surface area contributed by atoms with E-state index in [9.17, 15) is 4.79 Å². The molecule has 2 fully saturated rings. The number of hydrogen-bond donors (Lipinski definition) is 1. The second-order valence-corrected chi connectivity index (χ2v) is 8.05. The number of para-hydroxylation sites is 1. The van der Waals surface area contributed by atoms with E-state index in [0.717, 1.165) is 37.4 Å². The van der Waals surface area contributed by atoms with Crippen molar-refractivity contribution >= 4 is 16.7 Å². The minimum absolute atomic E-state index is 0.0188. The summed E-state index contributed by atoms with van der Waals surface area (Å²) < 4.78 is 5.57. The van der Waals surface area contributed by atoms with Crippen molar-refractivity contribution in [2.75, 3.05) is 26.7 Å². The minimum Gasteiger partial charge on any atom is -0.496 e. The predicted octanol–water partition coefficient (Wildman–Crippen LogP) is 4.13. The van der Waals surface area contributed by atoms with E-state index in [1.54, 1.807) is 7.11 Å². The monoisotopic (exact) mass is 386 g/mol. The number of hydrogen-bond acceptors (Lipinski definition) is 3. The first-order chi connectivity index (χ1) is 14.3. The molecule has 2 aliphatic rings. The molecule has 1 aliphatic carbocycles. The quantitative estimate of drug-likeness (QED) is 0.733. The van der Waals surface area contributed by atoms with Gasteiger partial charge < -0.3 is 15.0 Å². The molecule has 29 heavy (non-hydrogen) atoms. The zero-order valence-electron chi connectivity index (χ0n) is 16.7. The Kier molecular flexibility index (Phi) is 4.72. The lowest BCUT2D eigenvalue weighted by atomic mass is 10.00. The lowest BCUT2D eigenvalue weighted by Crippen LogP contribution is -2.49. The van der Waals surface area contributed by atoms with Crippen LogP contribution >= 0.6 is 0 Å². The predicted molar refractivity (Wildman–Crippen MR) is 115 cm³/mol. The van der Waals surface area contributed by atoms with Crippen molar-refractivity contribution in [2.45, 2.75) is 18.4 Å². The van der Waals surface area contributed by atoms with E-state index in [1.165, 1.54) is 16.3 Å². The maximum absolute atomic E-state index is 13.4. The summed E-state index contributed by atoms with van der Waals surface area (Å²) in [6.07, 6.45) is 0.944. The van der Waals surface area contributed by atoms with Crippen LogP contribution in [0.4, 0.5) is 0 Å². The van der Waals surface area contributed by atoms with E-state index >= 15 is 0 Å². The Hall–Kier alpha value is -2.85. The highest BCUT2D eigenvalue weighted by atomic mass is 16.5. The molecule has 3 atom stereocenters. The molecule has 4 nitrogen and oxygen atoms in total. The Morgan fingerprint density at radius 3 is 2.69 bits per heavy atom. The Morgan fingerprint density at radius 2 is 1.83 bits per heavy atom. The number of methoxy groups -OCH3 is 1. The second-order valence-electron chi connectivity index (χ2n) is 8.05. The molecular formula is C25H26N2O2. The molecule has 1 amide bonds. The lowest BCUT2D eigenvalue weighted by Gasteiger charge is -2.37. The van der Waals surface area contributed by atoms with Gasteiger partial charge in [-0.05, 0) is 34.7 Å². The third-order valence-corrected chi connectivity index (χ3v) is 6.33. The van der Waals surface area contributed by atoms with Crippen molar-refractivity contribution in [2.24, 2.45) is 5.92 Å².